The van der Waals surface area contributed by atoms with Crippen molar-refractivity contribution < 1.29 is 0 Å². The summed E-state index contributed by atoms with van der Waals surface area (Å²) in [5.41, 5.74) is 0. The average molecular weight is 324 g/mol. The maximum absolute atomic E-state index is 3.93. The first-order chi connectivity index (χ1) is 11.3. The summed E-state index contributed by atoms with van der Waals surface area (Å²) in [6.45, 7) is 8.65. The molecule has 0 bridgehead atoms. The van der Waals surface area contributed by atoms with Crippen LogP contribution in [0.1, 0.15) is 136 Å². The fourth-order valence-corrected chi connectivity index (χ4v) is 3.50. The number of hydrogen-bond acceptors (Lipinski definition) is 0. The highest BCUT2D eigenvalue weighted by Gasteiger charge is 2.01. The Morgan fingerprint density at radius 3 is 1.26 bits per heavy atom. The second-order valence-corrected chi connectivity index (χ2v) is 7.84. The lowest BCUT2D eigenvalue weighted by molar-refractivity contribution is 0.443. The average Bonchev–Trinajstić information content (AvgIpc) is 2.56. The Labute approximate surface area is 149 Å². The van der Waals surface area contributed by atoms with Gasteiger partial charge in [0.1, 0.15) is 0 Å². The summed E-state index contributed by atoms with van der Waals surface area (Å²) in [6, 6.07) is 0. The van der Waals surface area contributed by atoms with Gasteiger partial charge in [-0.2, -0.15) is 0 Å². The second-order valence-electron chi connectivity index (χ2n) is 7.84. The molecule has 0 fully saturated rings. The van der Waals surface area contributed by atoms with Crippen molar-refractivity contribution in [1.29, 1.82) is 0 Å². The van der Waals surface area contributed by atoms with Crippen molar-refractivity contribution in [2.45, 2.75) is 136 Å². The first-order valence-corrected chi connectivity index (χ1v) is 11.1. The lowest BCUT2D eigenvalue weighted by Gasteiger charge is -2.10. The van der Waals surface area contributed by atoms with Gasteiger partial charge in [0, 0.05) is 0 Å². The first kappa shape index (κ1) is 23.0. The van der Waals surface area contributed by atoms with E-state index in [0.717, 1.165) is 12.3 Å². The predicted molar refractivity (Wildman–Crippen MR) is 108 cm³/mol. The molecule has 0 nitrogen and oxygen atoms in total. The highest BCUT2D eigenvalue weighted by atomic mass is 14.1. The van der Waals surface area contributed by atoms with E-state index in [1.807, 2.05) is 0 Å². The van der Waals surface area contributed by atoms with Crippen molar-refractivity contribution in [3.05, 3.63) is 6.92 Å². The molecule has 23 heavy (non-hydrogen) atoms. The van der Waals surface area contributed by atoms with Crippen LogP contribution in [0.2, 0.25) is 0 Å². The summed E-state index contributed by atoms with van der Waals surface area (Å²) in [6.07, 6.45) is 27.3. The molecule has 0 amide bonds. The molecule has 1 atom stereocenters. The predicted octanol–water partition coefficient (Wildman–Crippen LogP) is 8.89. The number of hydrogen-bond donors (Lipinski definition) is 0. The molecule has 0 aromatic heterocycles. The van der Waals surface area contributed by atoms with Crippen LogP contribution in [0.4, 0.5) is 0 Å². The van der Waals surface area contributed by atoms with Crippen LogP contribution in [0.3, 0.4) is 0 Å². The SMILES string of the molecule is [CH2]CCCC(C)CCCCCCCCCCCCCCCCC. The van der Waals surface area contributed by atoms with Gasteiger partial charge in [0.05, 0.1) is 0 Å². The van der Waals surface area contributed by atoms with Gasteiger partial charge in [0.15, 0.2) is 0 Å². The van der Waals surface area contributed by atoms with Gasteiger partial charge < -0.3 is 0 Å². The second kappa shape index (κ2) is 20.0. The van der Waals surface area contributed by atoms with E-state index >= 15 is 0 Å². The Hall–Kier alpha value is 0. The monoisotopic (exact) mass is 323 g/mol. The standard InChI is InChI=1S/C23H47/c1-4-6-8-9-10-11-12-13-14-15-16-17-18-19-20-22-23(3)21-7-5-2/h23H,2,4-22H2,1,3H3. The quantitative estimate of drug-likeness (QED) is 0.208. The van der Waals surface area contributed by atoms with Gasteiger partial charge in [-0.15, -0.1) is 0 Å². The van der Waals surface area contributed by atoms with Gasteiger partial charge >= 0.3 is 0 Å². The lowest BCUT2D eigenvalue weighted by atomic mass is 9.97. The van der Waals surface area contributed by atoms with Crippen LogP contribution in [0.15, 0.2) is 0 Å². The van der Waals surface area contributed by atoms with E-state index < -0.39 is 0 Å². The van der Waals surface area contributed by atoms with E-state index in [2.05, 4.69) is 20.8 Å². The van der Waals surface area contributed by atoms with Crippen LogP contribution in [-0.4, -0.2) is 0 Å². The minimum Gasteiger partial charge on any atom is -0.0654 e. The molecule has 1 unspecified atom stereocenters. The van der Waals surface area contributed by atoms with Crippen LogP contribution in [-0.2, 0) is 0 Å². The molecule has 1 radical (unpaired) electrons. The van der Waals surface area contributed by atoms with Crippen molar-refractivity contribution in [3.63, 3.8) is 0 Å². The van der Waals surface area contributed by atoms with Crippen LogP contribution in [0.5, 0.6) is 0 Å². The number of rotatable bonds is 19. The largest absolute Gasteiger partial charge is 0.0654 e. The smallest absolute Gasteiger partial charge is 0.0443 e. The maximum Gasteiger partial charge on any atom is -0.0443 e. The summed E-state index contributed by atoms with van der Waals surface area (Å²) < 4.78 is 0. The molecule has 139 valence electrons. The van der Waals surface area contributed by atoms with Gasteiger partial charge in [0.2, 0.25) is 0 Å². The van der Waals surface area contributed by atoms with Gasteiger partial charge in [0.25, 0.3) is 0 Å². The summed E-state index contributed by atoms with van der Waals surface area (Å²) in [5, 5.41) is 0. The molecule has 0 aliphatic heterocycles. The van der Waals surface area contributed by atoms with Crippen molar-refractivity contribution in [3.8, 4) is 0 Å². The summed E-state index contributed by atoms with van der Waals surface area (Å²) in [5.74, 6) is 0.929. The summed E-state index contributed by atoms with van der Waals surface area (Å²) in [7, 11) is 0. The van der Waals surface area contributed by atoms with E-state index in [1.54, 1.807) is 0 Å². The Bertz CT molecular complexity index is 196. The molecule has 0 heterocycles. The zero-order valence-corrected chi connectivity index (χ0v) is 16.7. The molecule has 0 N–H and O–H groups in total. The molecule has 0 saturated heterocycles. The maximum atomic E-state index is 3.93. The molecule has 0 rings (SSSR count). The van der Waals surface area contributed by atoms with Crippen molar-refractivity contribution in [2.24, 2.45) is 5.92 Å². The zero-order chi connectivity index (χ0) is 17.0. The van der Waals surface area contributed by atoms with Gasteiger partial charge in [-0.25, -0.2) is 0 Å². The Morgan fingerprint density at radius 1 is 0.522 bits per heavy atom. The normalized spacial score (nSPS) is 12.7. The topological polar surface area (TPSA) is 0 Å². The van der Waals surface area contributed by atoms with Crippen LogP contribution >= 0.6 is 0 Å². The minimum absolute atomic E-state index is 0.929. The van der Waals surface area contributed by atoms with Crippen molar-refractivity contribution in [2.75, 3.05) is 0 Å². The zero-order valence-electron chi connectivity index (χ0n) is 16.7. The van der Waals surface area contributed by atoms with Crippen LogP contribution < -0.4 is 0 Å². The Kier molecular flexibility index (Phi) is 20.0. The molecule has 0 spiro atoms. The molecule has 0 saturated carbocycles. The molecule has 0 aliphatic carbocycles. The van der Waals surface area contributed by atoms with Gasteiger partial charge in [-0.1, -0.05) is 143 Å². The summed E-state index contributed by atoms with van der Waals surface area (Å²) in [4.78, 5) is 0. The molecule has 0 aliphatic rings. The van der Waals surface area contributed by atoms with Gasteiger partial charge in [-0.3, -0.25) is 0 Å². The number of unbranched alkanes of at least 4 members (excludes halogenated alkanes) is 15. The molecule has 0 heteroatoms. The summed E-state index contributed by atoms with van der Waals surface area (Å²) >= 11 is 0. The lowest BCUT2D eigenvalue weighted by Crippen LogP contribution is -1.94. The van der Waals surface area contributed by atoms with E-state index in [-0.39, 0.29) is 0 Å². The molecular weight excluding hydrogens is 276 g/mol. The van der Waals surface area contributed by atoms with Gasteiger partial charge in [-0.05, 0) is 5.92 Å². The Balaban J connectivity index is 3.02. The van der Waals surface area contributed by atoms with E-state index in [1.165, 1.54) is 116 Å². The minimum atomic E-state index is 0.929. The Morgan fingerprint density at radius 2 is 0.870 bits per heavy atom. The van der Waals surface area contributed by atoms with E-state index in [0.29, 0.717) is 0 Å². The molecule has 0 aromatic carbocycles. The fourth-order valence-electron chi connectivity index (χ4n) is 3.50. The highest BCUT2D eigenvalue weighted by molar-refractivity contribution is 4.56. The molecule has 0 aromatic rings. The first-order valence-electron chi connectivity index (χ1n) is 11.1. The van der Waals surface area contributed by atoms with Crippen LogP contribution in [0, 0.1) is 12.8 Å². The van der Waals surface area contributed by atoms with E-state index in [4.69, 9.17) is 0 Å². The third kappa shape index (κ3) is 20.0. The third-order valence-electron chi connectivity index (χ3n) is 5.25. The van der Waals surface area contributed by atoms with E-state index in [9.17, 15) is 0 Å². The fraction of sp³-hybridized carbons (Fsp3) is 0.957. The van der Waals surface area contributed by atoms with Crippen LogP contribution in [0.25, 0.3) is 0 Å². The third-order valence-corrected chi connectivity index (χ3v) is 5.25. The molecular formula is C23H47. The van der Waals surface area contributed by atoms with Crippen molar-refractivity contribution >= 4 is 0 Å². The highest BCUT2D eigenvalue weighted by Crippen LogP contribution is 2.17. The van der Waals surface area contributed by atoms with Crippen molar-refractivity contribution in [1.82, 2.24) is 0 Å².